The van der Waals surface area contributed by atoms with Gasteiger partial charge in [0.1, 0.15) is 18.1 Å². The summed E-state index contributed by atoms with van der Waals surface area (Å²) in [6.45, 7) is 9.04. The van der Waals surface area contributed by atoms with Crippen LogP contribution in [-0.2, 0) is 9.53 Å². The summed E-state index contributed by atoms with van der Waals surface area (Å²) in [5.41, 5.74) is 8.56. The molecule has 1 amide bonds. The number of fused-ring (bicyclic) bond motifs is 2. The first-order valence-corrected chi connectivity index (χ1v) is 14.0. The fourth-order valence-electron chi connectivity index (χ4n) is 5.80. The minimum atomic E-state index is -0.684. The van der Waals surface area contributed by atoms with Crippen LogP contribution >= 0.6 is 11.3 Å². The number of ether oxygens (including phenoxy) is 1. The van der Waals surface area contributed by atoms with Crippen molar-refractivity contribution in [2.24, 2.45) is 5.73 Å². The fourth-order valence-corrected chi connectivity index (χ4v) is 6.96. The highest BCUT2D eigenvalue weighted by atomic mass is 32.1. The van der Waals surface area contributed by atoms with Crippen LogP contribution in [0.4, 0.5) is 0 Å². The molecule has 3 N–H and O–H groups in total. The van der Waals surface area contributed by atoms with E-state index in [4.69, 9.17) is 10.5 Å². The molecule has 2 fully saturated rings. The third-order valence-electron chi connectivity index (χ3n) is 8.13. The number of aromatic nitrogens is 3. The van der Waals surface area contributed by atoms with Crippen molar-refractivity contribution >= 4 is 38.4 Å². The molecule has 2 aliphatic heterocycles. The van der Waals surface area contributed by atoms with Gasteiger partial charge < -0.3 is 15.5 Å². The maximum absolute atomic E-state index is 12.1. The molecular weight excluding hydrogens is 512 g/mol. The minimum absolute atomic E-state index is 0.0366. The van der Waals surface area contributed by atoms with E-state index < -0.39 is 5.54 Å². The Morgan fingerprint density at radius 2 is 2.05 bits per heavy atom. The van der Waals surface area contributed by atoms with Gasteiger partial charge in [-0.15, -0.1) is 11.3 Å². The van der Waals surface area contributed by atoms with Crippen molar-refractivity contribution in [2.75, 3.05) is 45.9 Å². The number of amides is 1. The van der Waals surface area contributed by atoms with Crippen LogP contribution in [0.2, 0.25) is 0 Å². The van der Waals surface area contributed by atoms with E-state index in [0.717, 1.165) is 59.4 Å². The monoisotopic (exact) mass is 544 g/mol. The summed E-state index contributed by atoms with van der Waals surface area (Å²) in [4.78, 5) is 32.4. The Labute approximate surface area is 231 Å². The van der Waals surface area contributed by atoms with Crippen molar-refractivity contribution in [1.29, 1.82) is 5.26 Å². The van der Waals surface area contributed by atoms with E-state index in [2.05, 4.69) is 47.9 Å². The van der Waals surface area contributed by atoms with Crippen molar-refractivity contribution in [1.82, 2.24) is 29.7 Å². The Kier molecular flexibility index (Phi) is 6.82. The number of hydrogen-bond donors (Lipinski definition) is 2. The molecule has 6 rings (SSSR count). The highest BCUT2D eigenvalue weighted by Gasteiger charge is 2.39. The van der Waals surface area contributed by atoms with Crippen LogP contribution in [0.1, 0.15) is 42.3 Å². The van der Waals surface area contributed by atoms with E-state index in [1.54, 1.807) is 17.7 Å². The first-order valence-electron chi connectivity index (χ1n) is 13.2. The molecule has 39 heavy (non-hydrogen) atoms. The number of primary amides is 1. The molecule has 202 valence electrons. The number of carbonyl (C=O) groups excluding carboxylic acids is 1. The number of benzene rings is 1. The molecule has 0 spiro atoms. The molecular formula is C28H32N8O2S. The maximum atomic E-state index is 12.1. The Bertz CT molecular complexity index is 1510. The van der Waals surface area contributed by atoms with Gasteiger partial charge in [-0.05, 0) is 37.6 Å². The van der Waals surface area contributed by atoms with Gasteiger partial charge in [0.2, 0.25) is 5.91 Å². The molecule has 1 aromatic carbocycles. The van der Waals surface area contributed by atoms with Crippen LogP contribution in [-0.4, -0.2) is 87.0 Å². The predicted octanol–water partition coefficient (Wildman–Crippen LogP) is 3.00. The van der Waals surface area contributed by atoms with Crippen molar-refractivity contribution in [3.63, 3.8) is 0 Å². The fraction of sp³-hybridized carbons (Fsp3) is 0.429. The summed E-state index contributed by atoms with van der Waals surface area (Å²) >= 11 is 1.73. The van der Waals surface area contributed by atoms with Gasteiger partial charge in [0.05, 0.1) is 34.6 Å². The van der Waals surface area contributed by atoms with E-state index in [0.29, 0.717) is 18.8 Å². The lowest BCUT2D eigenvalue weighted by Crippen LogP contribution is -2.61. The molecule has 0 bridgehead atoms. The van der Waals surface area contributed by atoms with Gasteiger partial charge in [-0.25, -0.2) is 9.97 Å². The molecule has 2 unspecified atom stereocenters. The summed E-state index contributed by atoms with van der Waals surface area (Å²) in [5, 5.41) is 10.4. The Morgan fingerprint density at radius 3 is 2.79 bits per heavy atom. The van der Waals surface area contributed by atoms with Crippen LogP contribution in [0, 0.1) is 11.3 Å². The Morgan fingerprint density at radius 1 is 1.23 bits per heavy atom. The molecule has 10 nitrogen and oxygen atoms in total. The quantitative estimate of drug-likeness (QED) is 0.379. The molecule has 0 saturated carbocycles. The number of nitriles is 1. The standard InChI is InChI=1S/C28H32N8O2S/c1-28(2,27(30)37)36-8-6-34(7-9-36)26(24-13-22-25(39-24)15-31-17-32-22)35-10-11-38-23(16-35)19-4-3-5-21-20(19)12-18(14-29)33-21/h3-5,12-13,15,17,23,26,33H,6-11,16H2,1-2H3,(H2,30,37). The van der Waals surface area contributed by atoms with Gasteiger partial charge >= 0.3 is 0 Å². The van der Waals surface area contributed by atoms with E-state index in [1.807, 2.05) is 38.2 Å². The zero-order valence-electron chi connectivity index (χ0n) is 22.1. The lowest BCUT2D eigenvalue weighted by molar-refractivity contribution is -0.131. The number of aromatic amines is 1. The summed E-state index contributed by atoms with van der Waals surface area (Å²) in [7, 11) is 0. The average molecular weight is 545 g/mol. The number of hydrogen-bond acceptors (Lipinski definition) is 9. The molecule has 11 heteroatoms. The SMILES string of the molecule is CC(C)(C(N)=O)N1CCN(C(c2cc3ncncc3s2)N2CCOC(c3cccc4[nH]c(C#N)cc34)C2)CC1. The van der Waals surface area contributed by atoms with Gasteiger partial charge in [-0.1, -0.05) is 12.1 Å². The number of piperazine rings is 1. The zero-order chi connectivity index (χ0) is 27.1. The summed E-state index contributed by atoms with van der Waals surface area (Å²) in [5.74, 6) is -0.301. The molecule has 2 saturated heterocycles. The highest BCUT2D eigenvalue weighted by molar-refractivity contribution is 7.19. The van der Waals surface area contributed by atoms with Crippen LogP contribution in [0.25, 0.3) is 21.1 Å². The lowest BCUT2D eigenvalue weighted by Gasteiger charge is -2.48. The van der Waals surface area contributed by atoms with E-state index in [-0.39, 0.29) is 18.2 Å². The minimum Gasteiger partial charge on any atom is -0.371 e. The van der Waals surface area contributed by atoms with E-state index in [1.165, 1.54) is 4.88 Å². The second-order valence-corrected chi connectivity index (χ2v) is 11.8. The van der Waals surface area contributed by atoms with Crippen molar-refractivity contribution in [3.8, 4) is 6.07 Å². The first kappa shape index (κ1) is 25.9. The lowest BCUT2D eigenvalue weighted by atomic mass is 10.0. The van der Waals surface area contributed by atoms with E-state index in [9.17, 15) is 10.1 Å². The number of H-pyrrole nitrogens is 1. The number of nitrogens with zero attached hydrogens (tertiary/aromatic N) is 6. The molecule has 3 aromatic heterocycles. The van der Waals surface area contributed by atoms with Gasteiger partial charge in [0.15, 0.2) is 0 Å². The average Bonchev–Trinajstić information content (AvgIpc) is 3.57. The maximum Gasteiger partial charge on any atom is 0.237 e. The van der Waals surface area contributed by atoms with E-state index >= 15 is 0 Å². The third kappa shape index (κ3) is 4.79. The summed E-state index contributed by atoms with van der Waals surface area (Å²) in [6, 6.07) is 12.4. The van der Waals surface area contributed by atoms with Crippen molar-refractivity contribution in [3.05, 3.63) is 59.0 Å². The van der Waals surface area contributed by atoms with Crippen molar-refractivity contribution < 1.29 is 9.53 Å². The number of nitrogens with two attached hydrogens (primary N) is 1. The van der Waals surface area contributed by atoms with Gasteiger partial charge in [0, 0.05) is 61.2 Å². The van der Waals surface area contributed by atoms with Crippen LogP contribution < -0.4 is 5.73 Å². The number of thiophene rings is 1. The van der Waals surface area contributed by atoms with Gasteiger partial charge in [-0.2, -0.15) is 5.26 Å². The highest BCUT2D eigenvalue weighted by Crippen LogP contribution is 2.38. The Balaban J connectivity index is 1.31. The number of carbonyl (C=O) groups is 1. The number of rotatable bonds is 6. The normalized spacial score (nSPS) is 20.8. The van der Waals surface area contributed by atoms with Crippen LogP contribution in [0.3, 0.4) is 0 Å². The van der Waals surface area contributed by atoms with Crippen LogP contribution in [0.5, 0.6) is 0 Å². The summed E-state index contributed by atoms with van der Waals surface area (Å²) < 4.78 is 7.40. The zero-order valence-corrected chi connectivity index (χ0v) is 22.9. The van der Waals surface area contributed by atoms with Crippen LogP contribution in [0.15, 0.2) is 42.9 Å². The second kappa shape index (κ2) is 10.3. The third-order valence-corrected chi connectivity index (χ3v) is 9.23. The Hall–Kier alpha value is -3.40. The molecule has 2 atom stereocenters. The van der Waals surface area contributed by atoms with Gasteiger partial charge in [-0.3, -0.25) is 19.5 Å². The number of nitrogens with one attached hydrogen (secondary N) is 1. The van der Waals surface area contributed by atoms with Gasteiger partial charge in [0.25, 0.3) is 0 Å². The largest absolute Gasteiger partial charge is 0.371 e. The smallest absolute Gasteiger partial charge is 0.237 e. The first-order chi connectivity index (χ1) is 18.8. The molecule has 0 aliphatic carbocycles. The molecule has 0 radical (unpaired) electrons. The summed E-state index contributed by atoms with van der Waals surface area (Å²) in [6.07, 6.45) is 3.38. The number of morpholine rings is 1. The van der Waals surface area contributed by atoms with Crippen molar-refractivity contribution in [2.45, 2.75) is 31.7 Å². The second-order valence-electron chi connectivity index (χ2n) is 10.7. The topological polar surface area (TPSA) is 127 Å². The predicted molar refractivity (Wildman–Crippen MR) is 150 cm³/mol. The molecule has 5 heterocycles. The molecule has 4 aromatic rings. The molecule has 2 aliphatic rings.